The standard InChI is InChI=1S/C6H11N3/c1-3-6-4-7-5(2)8-9-6/h3-4H2,1-2H3,(H,7,8). The highest BCUT2D eigenvalue weighted by molar-refractivity contribution is 5.93. The summed E-state index contributed by atoms with van der Waals surface area (Å²) in [5, 5.41) is 4.06. The van der Waals surface area contributed by atoms with Crippen LogP contribution in [0.5, 0.6) is 0 Å². The number of hydrogen-bond donors (Lipinski definition) is 1. The molecule has 0 saturated carbocycles. The summed E-state index contributed by atoms with van der Waals surface area (Å²) in [6.07, 6.45) is 0.990. The maximum absolute atomic E-state index is 4.16. The van der Waals surface area contributed by atoms with Crippen LogP contribution in [0.1, 0.15) is 20.3 Å². The number of amidine groups is 1. The minimum Gasteiger partial charge on any atom is -0.266 e. The summed E-state index contributed by atoms with van der Waals surface area (Å²) >= 11 is 0. The van der Waals surface area contributed by atoms with Gasteiger partial charge in [-0.1, -0.05) is 6.92 Å². The van der Waals surface area contributed by atoms with E-state index in [1.165, 1.54) is 0 Å². The first-order valence-corrected chi connectivity index (χ1v) is 3.15. The Morgan fingerprint density at radius 1 is 1.67 bits per heavy atom. The maximum atomic E-state index is 4.16. The smallest absolute Gasteiger partial charge is 0.114 e. The molecule has 0 atom stereocenters. The van der Waals surface area contributed by atoms with Gasteiger partial charge in [0.25, 0.3) is 0 Å². The van der Waals surface area contributed by atoms with Crippen LogP contribution < -0.4 is 5.43 Å². The predicted molar refractivity (Wildman–Crippen MR) is 38.8 cm³/mol. The molecule has 0 fully saturated rings. The quantitative estimate of drug-likeness (QED) is 0.552. The molecule has 0 bridgehead atoms. The van der Waals surface area contributed by atoms with Gasteiger partial charge in [-0.05, 0) is 13.3 Å². The molecule has 1 aliphatic rings. The van der Waals surface area contributed by atoms with Crippen molar-refractivity contribution in [2.24, 2.45) is 10.1 Å². The molecule has 0 aromatic heterocycles. The van der Waals surface area contributed by atoms with Crippen molar-refractivity contribution in [2.45, 2.75) is 20.3 Å². The first kappa shape index (κ1) is 6.26. The van der Waals surface area contributed by atoms with Crippen molar-refractivity contribution in [2.75, 3.05) is 6.54 Å². The summed E-state index contributed by atoms with van der Waals surface area (Å²) in [6.45, 7) is 4.77. The second-order valence-electron chi connectivity index (χ2n) is 2.05. The van der Waals surface area contributed by atoms with Gasteiger partial charge in [0.2, 0.25) is 0 Å². The molecule has 0 radical (unpaired) electrons. The van der Waals surface area contributed by atoms with E-state index < -0.39 is 0 Å². The van der Waals surface area contributed by atoms with Gasteiger partial charge in [-0.2, -0.15) is 5.10 Å². The average Bonchev–Trinajstić information content (AvgIpc) is 1.90. The second-order valence-corrected chi connectivity index (χ2v) is 2.05. The zero-order valence-corrected chi connectivity index (χ0v) is 5.81. The summed E-state index contributed by atoms with van der Waals surface area (Å²) in [6, 6.07) is 0. The highest BCUT2D eigenvalue weighted by Crippen LogP contribution is 1.91. The SMILES string of the molecule is CCC1=NNC(C)=NC1. The molecule has 1 aliphatic heterocycles. The van der Waals surface area contributed by atoms with Gasteiger partial charge in [0.05, 0.1) is 12.3 Å². The van der Waals surface area contributed by atoms with E-state index in [2.05, 4.69) is 22.4 Å². The number of nitrogens with zero attached hydrogens (tertiary/aromatic N) is 2. The van der Waals surface area contributed by atoms with Crippen molar-refractivity contribution < 1.29 is 0 Å². The first-order valence-electron chi connectivity index (χ1n) is 3.15. The summed E-state index contributed by atoms with van der Waals surface area (Å²) in [5.74, 6) is 0.909. The van der Waals surface area contributed by atoms with Crippen LogP contribution in [0.3, 0.4) is 0 Å². The molecular weight excluding hydrogens is 114 g/mol. The molecule has 1 heterocycles. The van der Waals surface area contributed by atoms with Crippen LogP contribution in [0.2, 0.25) is 0 Å². The lowest BCUT2D eigenvalue weighted by Gasteiger charge is -2.08. The van der Waals surface area contributed by atoms with Crippen LogP contribution in [0, 0.1) is 0 Å². The molecule has 9 heavy (non-hydrogen) atoms. The Morgan fingerprint density at radius 3 is 2.89 bits per heavy atom. The molecule has 0 saturated heterocycles. The lowest BCUT2D eigenvalue weighted by Crippen LogP contribution is -2.23. The molecule has 0 aromatic carbocycles. The topological polar surface area (TPSA) is 36.8 Å². The Kier molecular flexibility index (Phi) is 1.82. The molecule has 0 unspecified atom stereocenters. The van der Waals surface area contributed by atoms with E-state index in [1.54, 1.807) is 0 Å². The third kappa shape index (κ3) is 1.52. The number of hydrogen-bond acceptors (Lipinski definition) is 3. The van der Waals surface area contributed by atoms with E-state index in [0.29, 0.717) is 0 Å². The normalized spacial score (nSPS) is 18.0. The highest BCUT2D eigenvalue weighted by Gasteiger charge is 1.99. The summed E-state index contributed by atoms with van der Waals surface area (Å²) < 4.78 is 0. The molecule has 3 heteroatoms. The lowest BCUT2D eigenvalue weighted by atomic mass is 10.3. The van der Waals surface area contributed by atoms with Crippen molar-refractivity contribution >= 4 is 11.5 Å². The molecule has 50 valence electrons. The van der Waals surface area contributed by atoms with Gasteiger partial charge < -0.3 is 0 Å². The monoisotopic (exact) mass is 125 g/mol. The Balaban J connectivity index is 2.48. The van der Waals surface area contributed by atoms with Crippen molar-refractivity contribution in [3.8, 4) is 0 Å². The number of nitrogens with one attached hydrogen (secondary N) is 1. The van der Waals surface area contributed by atoms with E-state index >= 15 is 0 Å². The van der Waals surface area contributed by atoms with Crippen molar-refractivity contribution in [3.05, 3.63) is 0 Å². The fraction of sp³-hybridized carbons (Fsp3) is 0.667. The Hall–Kier alpha value is -0.860. The predicted octanol–water partition coefficient (Wildman–Crippen LogP) is 0.774. The summed E-state index contributed by atoms with van der Waals surface area (Å²) in [7, 11) is 0. The zero-order valence-electron chi connectivity index (χ0n) is 5.81. The van der Waals surface area contributed by atoms with Crippen molar-refractivity contribution in [3.63, 3.8) is 0 Å². The first-order chi connectivity index (χ1) is 4.33. The average molecular weight is 125 g/mol. The fourth-order valence-corrected chi connectivity index (χ4v) is 0.631. The van der Waals surface area contributed by atoms with E-state index in [4.69, 9.17) is 0 Å². The molecule has 1 rings (SSSR count). The fourth-order valence-electron chi connectivity index (χ4n) is 0.631. The summed E-state index contributed by atoms with van der Waals surface area (Å²) in [4.78, 5) is 4.16. The van der Waals surface area contributed by atoms with Gasteiger partial charge in [-0.15, -0.1) is 0 Å². The van der Waals surface area contributed by atoms with Gasteiger partial charge in [-0.3, -0.25) is 10.4 Å². The zero-order chi connectivity index (χ0) is 6.69. The third-order valence-electron chi connectivity index (χ3n) is 1.28. The second kappa shape index (κ2) is 2.62. The van der Waals surface area contributed by atoms with Gasteiger partial charge >= 0.3 is 0 Å². The van der Waals surface area contributed by atoms with Gasteiger partial charge in [0.15, 0.2) is 0 Å². The maximum Gasteiger partial charge on any atom is 0.114 e. The highest BCUT2D eigenvalue weighted by atomic mass is 15.3. The van der Waals surface area contributed by atoms with Crippen LogP contribution >= 0.6 is 0 Å². The number of aliphatic imine (C=N–C) groups is 1. The number of rotatable bonds is 1. The van der Waals surface area contributed by atoms with Crippen LogP contribution in [-0.4, -0.2) is 18.1 Å². The van der Waals surface area contributed by atoms with E-state index in [9.17, 15) is 0 Å². The minimum absolute atomic E-state index is 0.773. The minimum atomic E-state index is 0.773. The van der Waals surface area contributed by atoms with Crippen LogP contribution in [0.25, 0.3) is 0 Å². The van der Waals surface area contributed by atoms with E-state index in [1.807, 2.05) is 6.92 Å². The van der Waals surface area contributed by atoms with Crippen molar-refractivity contribution in [1.29, 1.82) is 0 Å². The van der Waals surface area contributed by atoms with E-state index in [-0.39, 0.29) is 0 Å². The molecule has 0 amide bonds. The lowest BCUT2D eigenvalue weighted by molar-refractivity contribution is 0.938. The van der Waals surface area contributed by atoms with Crippen LogP contribution in [0.15, 0.2) is 10.1 Å². The Bertz CT molecular complexity index is 158. The van der Waals surface area contributed by atoms with Gasteiger partial charge in [0, 0.05) is 0 Å². The number of hydrazone groups is 1. The molecule has 3 nitrogen and oxygen atoms in total. The molecule has 1 N–H and O–H groups in total. The van der Waals surface area contributed by atoms with Gasteiger partial charge in [-0.25, -0.2) is 0 Å². The largest absolute Gasteiger partial charge is 0.266 e. The van der Waals surface area contributed by atoms with E-state index in [0.717, 1.165) is 24.5 Å². The van der Waals surface area contributed by atoms with Gasteiger partial charge in [0.1, 0.15) is 5.84 Å². The molecule has 0 aromatic rings. The third-order valence-corrected chi connectivity index (χ3v) is 1.28. The molecule has 0 spiro atoms. The van der Waals surface area contributed by atoms with Crippen LogP contribution in [-0.2, 0) is 0 Å². The summed E-state index contributed by atoms with van der Waals surface area (Å²) in [5.41, 5.74) is 3.95. The van der Waals surface area contributed by atoms with Crippen molar-refractivity contribution in [1.82, 2.24) is 5.43 Å². The Labute approximate surface area is 54.9 Å². The Morgan fingerprint density at radius 2 is 2.44 bits per heavy atom. The molecule has 0 aliphatic carbocycles. The molecular formula is C6H11N3. The van der Waals surface area contributed by atoms with Crippen LogP contribution in [0.4, 0.5) is 0 Å².